The van der Waals surface area contributed by atoms with Crippen molar-refractivity contribution in [2.45, 2.75) is 37.3 Å². The number of halogens is 2. The quantitative estimate of drug-likeness (QED) is 0.231. The maximum absolute atomic E-state index is 14.1. The Morgan fingerprint density at radius 1 is 1.00 bits per heavy atom. The van der Waals surface area contributed by atoms with Crippen LogP contribution in [0.5, 0.6) is 5.75 Å². The van der Waals surface area contributed by atoms with Crippen LogP contribution in [0.1, 0.15) is 54.0 Å². The number of phenolic OH excluding ortho intramolecular Hbond substituents is 1. The summed E-state index contributed by atoms with van der Waals surface area (Å²) >= 11 is 0. The lowest BCUT2D eigenvalue weighted by Gasteiger charge is -2.40. The molecule has 230 valence electrons. The number of phenols is 1. The van der Waals surface area contributed by atoms with Crippen molar-refractivity contribution in [1.29, 1.82) is 0 Å². The molecular weight excluding hydrogens is 570 g/mol. The molecule has 3 N–H and O–H groups in total. The van der Waals surface area contributed by atoms with Gasteiger partial charge in [0.15, 0.2) is 11.6 Å². The molecule has 3 atom stereocenters. The van der Waals surface area contributed by atoms with E-state index < -0.39 is 35.7 Å². The summed E-state index contributed by atoms with van der Waals surface area (Å²) in [5.74, 6) is -2.54. The lowest BCUT2D eigenvalue weighted by Crippen LogP contribution is -2.53. The van der Waals surface area contributed by atoms with Crippen LogP contribution in [0, 0.1) is 11.6 Å². The molecule has 5 rings (SSSR count). The second kappa shape index (κ2) is 13.7. The van der Waals surface area contributed by atoms with Crippen LogP contribution in [-0.2, 0) is 9.53 Å². The number of carbonyl (C=O) groups is 3. The number of nitrogens with zero attached hydrogens (tertiary/aromatic N) is 2. The van der Waals surface area contributed by atoms with E-state index in [0.29, 0.717) is 18.9 Å². The van der Waals surface area contributed by atoms with E-state index >= 15 is 0 Å². The first-order chi connectivity index (χ1) is 21.3. The van der Waals surface area contributed by atoms with Crippen molar-refractivity contribution in [3.8, 4) is 5.75 Å². The fourth-order valence-corrected chi connectivity index (χ4v) is 5.97. The number of aromatic hydroxyl groups is 1. The topological polar surface area (TPSA) is 111 Å². The van der Waals surface area contributed by atoms with Gasteiger partial charge in [0.25, 0.3) is 0 Å². The van der Waals surface area contributed by atoms with Crippen LogP contribution in [-0.4, -0.2) is 59.7 Å². The predicted molar refractivity (Wildman–Crippen MR) is 158 cm³/mol. The first-order valence-corrected chi connectivity index (χ1v) is 14.5. The van der Waals surface area contributed by atoms with E-state index in [4.69, 9.17) is 4.74 Å². The van der Waals surface area contributed by atoms with E-state index in [-0.39, 0.29) is 29.5 Å². The number of amides is 4. The Balaban J connectivity index is 1.26. The van der Waals surface area contributed by atoms with Crippen LogP contribution < -0.4 is 10.6 Å². The number of urea groups is 2. The Kier molecular flexibility index (Phi) is 9.54. The third kappa shape index (κ3) is 6.73. The Hall–Kier alpha value is -4.77. The van der Waals surface area contributed by atoms with Gasteiger partial charge in [0, 0.05) is 25.3 Å². The van der Waals surface area contributed by atoms with Gasteiger partial charge in [-0.15, -0.1) is 0 Å². The normalized spacial score (nSPS) is 20.4. The Morgan fingerprint density at radius 3 is 2.43 bits per heavy atom. The molecule has 0 radical (unpaired) electrons. The second-order valence-corrected chi connectivity index (χ2v) is 10.8. The monoisotopic (exact) mass is 604 g/mol. The van der Waals surface area contributed by atoms with E-state index in [1.807, 2.05) is 30.3 Å². The van der Waals surface area contributed by atoms with Crippen molar-refractivity contribution in [2.24, 2.45) is 0 Å². The molecule has 1 saturated heterocycles. The molecule has 4 amide bonds. The molecule has 0 saturated carbocycles. The van der Waals surface area contributed by atoms with Gasteiger partial charge in [-0.05, 0) is 72.7 Å². The van der Waals surface area contributed by atoms with Crippen LogP contribution in [0.15, 0.2) is 84.6 Å². The number of ether oxygens (including phenoxy) is 1. The van der Waals surface area contributed by atoms with Gasteiger partial charge in [-0.3, -0.25) is 4.90 Å². The highest BCUT2D eigenvalue weighted by molar-refractivity contribution is 6.00. The molecule has 9 nitrogen and oxygen atoms in total. The molecule has 3 aromatic rings. The van der Waals surface area contributed by atoms with Crippen molar-refractivity contribution in [3.63, 3.8) is 0 Å². The van der Waals surface area contributed by atoms with Gasteiger partial charge in [0.1, 0.15) is 11.8 Å². The molecule has 2 aliphatic rings. The molecule has 11 heteroatoms. The van der Waals surface area contributed by atoms with Gasteiger partial charge in [-0.1, -0.05) is 48.5 Å². The van der Waals surface area contributed by atoms with Gasteiger partial charge in [-0.25, -0.2) is 28.1 Å². The highest BCUT2D eigenvalue weighted by Gasteiger charge is 2.40. The SMILES string of the molecule is COC(=O)C1=CNC(=O)N(C(=O)NCCCN2CCC(c3ccc(O)cc3)CC2c2ccccc2)C1c1ccc(F)c(F)c1. The third-order valence-electron chi connectivity index (χ3n) is 8.18. The van der Waals surface area contributed by atoms with E-state index in [1.165, 1.54) is 17.2 Å². The Morgan fingerprint density at radius 2 is 1.73 bits per heavy atom. The zero-order valence-corrected chi connectivity index (χ0v) is 24.2. The lowest BCUT2D eigenvalue weighted by molar-refractivity contribution is -0.136. The number of benzene rings is 3. The summed E-state index contributed by atoms with van der Waals surface area (Å²) in [7, 11) is 1.14. The molecule has 1 fully saturated rings. The van der Waals surface area contributed by atoms with Gasteiger partial charge in [0.2, 0.25) is 0 Å². The largest absolute Gasteiger partial charge is 0.508 e. The van der Waals surface area contributed by atoms with Crippen molar-refractivity contribution in [1.82, 2.24) is 20.4 Å². The van der Waals surface area contributed by atoms with E-state index in [2.05, 4.69) is 27.7 Å². The first kappa shape index (κ1) is 30.7. The number of imide groups is 1. The average molecular weight is 605 g/mol. The summed E-state index contributed by atoms with van der Waals surface area (Å²) in [5.41, 5.74) is 2.30. The number of piperidine rings is 1. The minimum Gasteiger partial charge on any atom is -0.508 e. The van der Waals surface area contributed by atoms with E-state index in [1.54, 1.807) is 12.1 Å². The van der Waals surface area contributed by atoms with Crippen molar-refractivity contribution in [2.75, 3.05) is 26.7 Å². The van der Waals surface area contributed by atoms with Crippen molar-refractivity contribution < 1.29 is 33.0 Å². The van der Waals surface area contributed by atoms with Crippen molar-refractivity contribution in [3.05, 3.63) is 113 Å². The number of nitrogens with one attached hydrogen (secondary N) is 2. The molecular formula is C33H34F2N4O5. The zero-order valence-electron chi connectivity index (χ0n) is 24.2. The zero-order chi connectivity index (χ0) is 31.2. The molecule has 44 heavy (non-hydrogen) atoms. The number of methoxy groups -OCH3 is 1. The minimum atomic E-state index is -1.33. The fraction of sp³-hybridized carbons (Fsp3) is 0.303. The van der Waals surface area contributed by atoms with Crippen LogP contribution in [0.4, 0.5) is 18.4 Å². The standard InChI is InChI=1S/C33H34F2N4O5/c1-44-31(41)26-20-37-33(43)39(30(26)24-10-13-27(34)28(35)18-24)32(42)36-15-5-16-38-17-14-23(21-8-11-25(40)12-9-21)19-29(38)22-6-3-2-4-7-22/h2-4,6-13,18,20,23,29-30,40H,5,14-17,19H2,1H3,(H,36,42)(H,37,43). The summed E-state index contributed by atoms with van der Waals surface area (Å²) in [4.78, 5) is 41.8. The number of hydrogen-bond donors (Lipinski definition) is 3. The summed E-state index contributed by atoms with van der Waals surface area (Å²) < 4.78 is 32.6. The minimum absolute atomic E-state index is 0.0350. The molecule has 0 aliphatic carbocycles. The predicted octanol–water partition coefficient (Wildman–Crippen LogP) is 5.51. The second-order valence-electron chi connectivity index (χ2n) is 10.8. The fourth-order valence-electron chi connectivity index (χ4n) is 5.97. The molecule has 3 aromatic carbocycles. The van der Waals surface area contributed by atoms with E-state index in [0.717, 1.165) is 49.7 Å². The molecule has 0 spiro atoms. The Bertz CT molecular complexity index is 1530. The third-order valence-corrected chi connectivity index (χ3v) is 8.18. The van der Waals surface area contributed by atoms with Crippen molar-refractivity contribution >= 4 is 18.0 Å². The molecule has 0 bridgehead atoms. The van der Waals surface area contributed by atoms with Crippen LogP contribution in [0.25, 0.3) is 0 Å². The number of likely N-dealkylation sites (tertiary alicyclic amines) is 1. The van der Waals surface area contributed by atoms with E-state index in [9.17, 15) is 28.3 Å². The van der Waals surface area contributed by atoms with Crippen LogP contribution >= 0.6 is 0 Å². The summed E-state index contributed by atoms with van der Waals surface area (Å²) in [6, 6.07) is 17.7. The maximum atomic E-state index is 14.1. The smallest absolute Gasteiger partial charge is 0.337 e. The Labute approximate surface area is 254 Å². The first-order valence-electron chi connectivity index (χ1n) is 14.5. The molecule has 0 aromatic heterocycles. The number of carbonyl (C=O) groups excluding carboxylic acids is 3. The van der Waals surface area contributed by atoms with Crippen LogP contribution in [0.3, 0.4) is 0 Å². The molecule has 2 aliphatic heterocycles. The van der Waals surface area contributed by atoms with Gasteiger partial charge < -0.3 is 20.5 Å². The molecule has 3 unspecified atom stereocenters. The van der Waals surface area contributed by atoms with Gasteiger partial charge in [-0.2, -0.15) is 0 Å². The number of hydrogen-bond acceptors (Lipinski definition) is 6. The lowest BCUT2D eigenvalue weighted by atomic mass is 9.82. The average Bonchev–Trinajstić information content (AvgIpc) is 3.04. The summed E-state index contributed by atoms with van der Waals surface area (Å²) in [6.07, 6.45) is 3.51. The highest BCUT2D eigenvalue weighted by atomic mass is 19.2. The summed E-state index contributed by atoms with van der Waals surface area (Å²) in [5, 5.41) is 14.8. The number of rotatable bonds is 8. The highest BCUT2D eigenvalue weighted by Crippen LogP contribution is 2.40. The van der Waals surface area contributed by atoms with Gasteiger partial charge >= 0.3 is 18.0 Å². The maximum Gasteiger partial charge on any atom is 0.337 e. The van der Waals surface area contributed by atoms with Gasteiger partial charge in [0.05, 0.1) is 12.7 Å². The summed E-state index contributed by atoms with van der Waals surface area (Å²) in [6.45, 7) is 1.73. The van der Waals surface area contributed by atoms with Crippen LogP contribution in [0.2, 0.25) is 0 Å². The number of esters is 1. The molecule has 2 heterocycles.